The highest BCUT2D eigenvalue weighted by molar-refractivity contribution is 6.42. The van der Waals surface area contributed by atoms with Crippen molar-refractivity contribution >= 4 is 11.7 Å². The van der Waals surface area contributed by atoms with Crippen LogP contribution in [0, 0.1) is 6.92 Å². The van der Waals surface area contributed by atoms with E-state index in [-0.39, 0.29) is 11.5 Å². The van der Waals surface area contributed by atoms with Gasteiger partial charge in [-0.2, -0.15) is 0 Å². The van der Waals surface area contributed by atoms with Crippen LogP contribution in [0.3, 0.4) is 0 Å². The van der Waals surface area contributed by atoms with Crippen molar-refractivity contribution in [3.05, 3.63) is 59.0 Å². The van der Waals surface area contributed by atoms with Crippen molar-refractivity contribution in [1.29, 1.82) is 0 Å². The second-order valence-corrected chi connectivity index (χ2v) is 6.80. The summed E-state index contributed by atoms with van der Waals surface area (Å²) in [5.41, 5.74) is 1.52. The van der Waals surface area contributed by atoms with Crippen molar-refractivity contribution in [1.82, 2.24) is 5.32 Å². The molecule has 1 heterocycles. The number of furan rings is 1. The van der Waals surface area contributed by atoms with Crippen LogP contribution < -0.4 is 5.32 Å². The van der Waals surface area contributed by atoms with Crippen molar-refractivity contribution in [3.63, 3.8) is 0 Å². The topological polar surface area (TPSA) is 59.3 Å². The minimum atomic E-state index is -0.630. The summed E-state index contributed by atoms with van der Waals surface area (Å²) in [6.45, 7) is 9.92. The minimum Gasteiger partial charge on any atom is -0.464 e. The number of benzene rings is 1. The molecule has 1 amide bonds. The van der Waals surface area contributed by atoms with Crippen LogP contribution in [0.5, 0.6) is 0 Å². The van der Waals surface area contributed by atoms with E-state index in [0.717, 1.165) is 11.3 Å². The molecule has 1 N–H and O–H groups in total. The lowest BCUT2D eigenvalue weighted by Crippen LogP contribution is -2.33. The highest BCUT2D eigenvalue weighted by Gasteiger charge is 2.21. The van der Waals surface area contributed by atoms with Crippen LogP contribution in [0.25, 0.3) is 0 Å². The Bertz CT molecular complexity index is 705. The smallest absolute Gasteiger partial charge is 0.292 e. The third-order valence-corrected chi connectivity index (χ3v) is 3.75. The highest BCUT2D eigenvalue weighted by atomic mass is 16.3. The summed E-state index contributed by atoms with van der Waals surface area (Å²) in [7, 11) is 0. The van der Waals surface area contributed by atoms with Gasteiger partial charge in [0, 0.05) is 5.56 Å². The van der Waals surface area contributed by atoms with Crippen LogP contribution in [-0.4, -0.2) is 11.7 Å². The largest absolute Gasteiger partial charge is 0.464 e. The Balaban J connectivity index is 2.06. The van der Waals surface area contributed by atoms with Gasteiger partial charge >= 0.3 is 0 Å². The molecule has 2 rings (SSSR count). The number of ketones is 1. The van der Waals surface area contributed by atoms with Crippen LogP contribution in [0.1, 0.15) is 61.2 Å². The average Bonchev–Trinajstić information content (AvgIpc) is 2.92. The molecule has 0 spiro atoms. The highest BCUT2D eigenvalue weighted by Crippen LogP contribution is 2.22. The molecule has 0 aliphatic rings. The van der Waals surface area contributed by atoms with Crippen molar-refractivity contribution < 1.29 is 14.0 Å². The molecule has 0 radical (unpaired) electrons. The van der Waals surface area contributed by atoms with Crippen LogP contribution in [0.4, 0.5) is 0 Å². The number of carbonyl (C=O) groups excluding carboxylic acids is 2. The molecule has 1 aromatic carbocycles. The molecular weight excluding hydrogens is 290 g/mol. The monoisotopic (exact) mass is 313 g/mol. The Morgan fingerprint density at radius 1 is 1.04 bits per heavy atom. The molecule has 122 valence electrons. The third kappa shape index (κ3) is 4.09. The van der Waals surface area contributed by atoms with Crippen molar-refractivity contribution in [3.8, 4) is 0 Å². The molecular formula is C19H23NO3. The lowest BCUT2D eigenvalue weighted by Gasteiger charge is -2.19. The second kappa shape index (κ2) is 6.41. The molecule has 0 saturated heterocycles. The normalized spacial score (nSPS) is 12.7. The van der Waals surface area contributed by atoms with Gasteiger partial charge in [0.1, 0.15) is 11.5 Å². The lowest BCUT2D eigenvalue weighted by molar-refractivity contribution is -0.117. The lowest BCUT2D eigenvalue weighted by atomic mass is 9.86. The minimum absolute atomic E-state index is 0.00942. The summed E-state index contributed by atoms with van der Waals surface area (Å²) in [4.78, 5) is 24.3. The van der Waals surface area contributed by atoms with E-state index in [1.165, 1.54) is 0 Å². The van der Waals surface area contributed by atoms with Gasteiger partial charge in [-0.1, -0.05) is 45.0 Å². The Labute approximate surface area is 136 Å². The average molecular weight is 313 g/mol. The molecule has 0 saturated carbocycles. The Hall–Kier alpha value is -2.36. The number of nitrogens with one attached hydrogen (secondary N) is 1. The van der Waals surface area contributed by atoms with Gasteiger partial charge in [0.05, 0.1) is 6.04 Å². The van der Waals surface area contributed by atoms with E-state index in [4.69, 9.17) is 4.42 Å². The van der Waals surface area contributed by atoms with E-state index >= 15 is 0 Å². The van der Waals surface area contributed by atoms with Crippen molar-refractivity contribution in [2.75, 3.05) is 0 Å². The van der Waals surface area contributed by atoms with Gasteiger partial charge in [0.25, 0.3) is 5.91 Å². The first-order valence-electron chi connectivity index (χ1n) is 7.70. The quantitative estimate of drug-likeness (QED) is 0.687. The first kappa shape index (κ1) is 17.0. The second-order valence-electron chi connectivity index (χ2n) is 6.80. The van der Waals surface area contributed by atoms with Crippen molar-refractivity contribution in [2.24, 2.45) is 0 Å². The fraction of sp³-hybridized carbons (Fsp3) is 0.368. The maximum Gasteiger partial charge on any atom is 0.292 e. The number of carbonyl (C=O) groups is 2. The SMILES string of the molecule is Cc1ccc(C(C)NC(=O)C(=O)c2ccc(C(C)(C)C)cc2)o1. The predicted octanol–water partition coefficient (Wildman–Crippen LogP) is 3.95. The Kier molecular flexibility index (Phi) is 4.73. The summed E-state index contributed by atoms with van der Waals surface area (Å²) >= 11 is 0. The number of rotatable bonds is 4. The zero-order chi connectivity index (χ0) is 17.2. The summed E-state index contributed by atoms with van der Waals surface area (Å²) in [6, 6.07) is 10.4. The number of hydrogen-bond donors (Lipinski definition) is 1. The zero-order valence-corrected chi connectivity index (χ0v) is 14.3. The fourth-order valence-electron chi connectivity index (χ4n) is 2.27. The van der Waals surface area contributed by atoms with E-state index in [2.05, 4.69) is 26.1 Å². The van der Waals surface area contributed by atoms with Crippen LogP contribution in [-0.2, 0) is 10.2 Å². The first-order valence-corrected chi connectivity index (χ1v) is 7.70. The standard InChI is InChI=1S/C19H23NO3/c1-12-6-11-16(23-12)13(2)20-18(22)17(21)14-7-9-15(10-8-14)19(3,4)5/h6-11,13H,1-5H3,(H,20,22). The van der Waals surface area contributed by atoms with Gasteiger partial charge in [-0.3, -0.25) is 9.59 Å². The van der Waals surface area contributed by atoms with E-state index in [0.29, 0.717) is 11.3 Å². The number of amides is 1. The molecule has 0 bridgehead atoms. The summed E-state index contributed by atoms with van der Waals surface area (Å²) in [5.74, 6) is 0.229. The number of Topliss-reactive ketones (excluding diaryl/α,β-unsaturated/α-hetero) is 1. The van der Waals surface area contributed by atoms with E-state index in [1.807, 2.05) is 25.1 Å². The molecule has 2 aromatic rings. The molecule has 0 aliphatic heterocycles. The Morgan fingerprint density at radius 2 is 1.65 bits per heavy atom. The van der Waals surface area contributed by atoms with Crippen LogP contribution in [0.2, 0.25) is 0 Å². The molecule has 4 nitrogen and oxygen atoms in total. The molecule has 1 unspecified atom stereocenters. The molecule has 1 aromatic heterocycles. The number of aryl methyl sites for hydroxylation is 1. The van der Waals surface area contributed by atoms with Crippen molar-refractivity contribution in [2.45, 2.75) is 46.1 Å². The molecule has 0 aliphatic carbocycles. The van der Waals surface area contributed by atoms with Gasteiger partial charge in [-0.25, -0.2) is 0 Å². The zero-order valence-electron chi connectivity index (χ0n) is 14.3. The third-order valence-electron chi connectivity index (χ3n) is 3.75. The fourth-order valence-corrected chi connectivity index (χ4v) is 2.27. The summed E-state index contributed by atoms with van der Waals surface area (Å²) in [6.07, 6.45) is 0. The van der Waals surface area contributed by atoms with Gasteiger partial charge in [-0.05, 0) is 37.0 Å². The molecule has 23 heavy (non-hydrogen) atoms. The van der Waals surface area contributed by atoms with Gasteiger partial charge in [-0.15, -0.1) is 0 Å². The van der Waals surface area contributed by atoms with E-state index in [9.17, 15) is 9.59 Å². The maximum atomic E-state index is 12.2. The van der Waals surface area contributed by atoms with Gasteiger partial charge in [0.2, 0.25) is 5.78 Å². The van der Waals surface area contributed by atoms with Gasteiger partial charge < -0.3 is 9.73 Å². The Morgan fingerprint density at radius 3 is 2.13 bits per heavy atom. The van der Waals surface area contributed by atoms with Gasteiger partial charge in [0.15, 0.2) is 0 Å². The molecule has 1 atom stereocenters. The van der Waals surface area contributed by atoms with Crippen LogP contribution >= 0.6 is 0 Å². The first-order chi connectivity index (χ1) is 10.7. The van der Waals surface area contributed by atoms with E-state index < -0.39 is 11.7 Å². The predicted molar refractivity (Wildman–Crippen MR) is 89.5 cm³/mol. The molecule has 4 heteroatoms. The van der Waals surface area contributed by atoms with E-state index in [1.54, 1.807) is 25.1 Å². The molecule has 0 fully saturated rings. The summed E-state index contributed by atoms with van der Waals surface area (Å²) in [5, 5.41) is 2.67. The maximum absolute atomic E-state index is 12.2. The van der Waals surface area contributed by atoms with Crippen LogP contribution in [0.15, 0.2) is 40.8 Å². The number of hydrogen-bond acceptors (Lipinski definition) is 3. The summed E-state index contributed by atoms with van der Waals surface area (Å²) < 4.78 is 5.46.